The highest BCUT2D eigenvalue weighted by molar-refractivity contribution is 6.07. The van der Waals surface area contributed by atoms with Crippen molar-refractivity contribution in [2.45, 2.75) is 89.9 Å². The average molecular weight is 672 g/mol. The number of nitrogens with zero attached hydrogens (tertiary/aromatic N) is 3. The number of carbonyl (C=O) groups excluding carboxylic acids is 3. The van der Waals surface area contributed by atoms with Gasteiger partial charge in [0.05, 0.1) is 24.0 Å². The molecule has 9 heteroatoms. The number of fused-ring (bicyclic) bond motifs is 1. The smallest absolute Gasteiger partial charge is 0.253 e. The van der Waals surface area contributed by atoms with E-state index in [0.717, 1.165) is 29.7 Å². The topological polar surface area (TPSA) is 99.6 Å². The molecule has 2 unspecified atom stereocenters. The van der Waals surface area contributed by atoms with Gasteiger partial charge in [-0.25, -0.2) is 0 Å². The summed E-state index contributed by atoms with van der Waals surface area (Å²) in [6, 6.07) is 12.5. The fourth-order valence-corrected chi connectivity index (χ4v) is 8.46. The lowest BCUT2D eigenvalue weighted by Crippen LogP contribution is -2.56. The van der Waals surface area contributed by atoms with Crippen LogP contribution in [0.2, 0.25) is 0 Å². The zero-order valence-electron chi connectivity index (χ0n) is 29.7. The Morgan fingerprint density at radius 1 is 0.980 bits per heavy atom. The second-order valence-corrected chi connectivity index (χ2v) is 13.7. The van der Waals surface area contributed by atoms with E-state index in [1.54, 1.807) is 26.9 Å². The number of rotatable bonds is 17. The fourth-order valence-electron chi connectivity index (χ4n) is 8.46. The minimum atomic E-state index is -1.15. The fraction of sp³-hybridized carbons (Fsp3) is 0.525. The lowest BCUT2D eigenvalue weighted by Gasteiger charge is -2.37. The molecule has 0 aromatic heterocycles. The van der Waals surface area contributed by atoms with Gasteiger partial charge in [-0.05, 0) is 94.3 Å². The van der Waals surface area contributed by atoms with Gasteiger partial charge in [-0.15, -0.1) is 13.2 Å². The van der Waals surface area contributed by atoms with E-state index in [-0.39, 0.29) is 37.4 Å². The summed E-state index contributed by atoms with van der Waals surface area (Å²) < 4.78 is 12.7. The summed E-state index contributed by atoms with van der Waals surface area (Å²) in [7, 11) is 0. The second kappa shape index (κ2) is 15.3. The molecule has 0 aliphatic carbocycles. The molecule has 2 aromatic rings. The number of ether oxygens (including phenoxy) is 2. The Labute approximate surface area is 291 Å². The van der Waals surface area contributed by atoms with Gasteiger partial charge in [0.2, 0.25) is 11.8 Å². The van der Waals surface area contributed by atoms with Crippen LogP contribution >= 0.6 is 0 Å². The molecule has 0 saturated carbocycles. The number of likely N-dealkylation sites (tertiary alicyclic amines) is 1. The number of aryl methyl sites for hydroxylation is 2. The van der Waals surface area contributed by atoms with Gasteiger partial charge in [0, 0.05) is 37.6 Å². The highest BCUT2D eigenvalue weighted by Gasteiger charge is 2.79. The first-order valence-corrected chi connectivity index (χ1v) is 17.9. The molecular weight excluding hydrogens is 618 g/mol. The van der Waals surface area contributed by atoms with Crippen LogP contribution in [0.3, 0.4) is 0 Å². The van der Waals surface area contributed by atoms with Crippen LogP contribution in [-0.2, 0) is 19.1 Å². The molecule has 3 aliphatic rings. The van der Waals surface area contributed by atoms with Crippen molar-refractivity contribution in [3.05, 3.63) is 78.9 Å². The molecule has 3 saturated heterocycles. The molecule has 3 heterocycles. The summed E-state index contributed by atoms with van der Waals surface area (Å²) in [5.74, 6) is -1.47. The van der Waals surface area contributed by atoms with Crippen LogP contribution in [-0.4, -0.2) is 77.8 Å². The maximum Gasteiger partial charge on any atom is 0.253 e. The van der Waals surface area contributed by atoms with Gasteiger partial charge in [-0.1, -0.05) is 44.1 Å². The standard InChI is InChI=1S/C40H53N3O6/c1-7-23-41(30-17-19-31(20-18-30)48-10-4)36(45)33-34-37(46)43(25-13-11-12-14-26-44)35(40(34)22-21-39(33,9-3)49-40)38(47)42(24-8-2)32-27-28(5)15-16-29(32)6/h7-8,15-20,27,33-35,44H,1-2,9-14,21-26H2,3-6H3/t33-,34+,35?,39+,40?/m1/s1. The maximum atomic E-state index is 15.1. The molecule has 264 valence electrons. The van der Waals surface area contributed by atoms with E-state index in [1.807, 2.05) is 70.2 Å². The molecule has 5 rings (SSSR count). The third kappa shape index (κ3) is 6.55. The third-order valence-electron chi connectivity index (χ3n) is 10.8. The predicted octanol–water partition coefficient (Wildman–Crippen LogP) is 6.15. The number of benzene rings is 2. The summed E-state index contributed by atoms with van der Waals surface area (Å²) in [6.45, 7) is 17.3. The van der Waals surface area contributed by atoms with Gasteiger partial charge < -0.3 is 29.3 Å². The van der Waals surface area contributed by atoms with Crippen LogP contribution < -0.4 is 14.5 Å². The normalized spacial score (nSPS) is 25.3. The summed E-state index contributed by atoms with van der Waals surface area (Å²) in [4.78, 5) is 50.0. The Bertz CT molecular complexity index is 1540. The van der Waals surface area contributed by atoms with E-state index < -0.39 is 29.1 Å². The quantitative estimate of drug-likeness (QED) is 0.160. The number of hydrogen-bond donors (Lipinski definition) is 1. The van der Waals surface area contributed by atoms with Crippen LogP contribution in [0.1, 0.15) is 69.9 Å². The lowest BCUT2D eigenvalue weighted by molar-refractivity contribution is -0.146. The van der Waals surface area contributed by atoms with E-state index in [9.17, 15) is 14.7 Å². The molecule has 5 atom stereocenters. The summed E-state index contributed by atoms with van der Waals surface area (Å²) in [5.41, 5.74) is 1.40. The molecule has 3 fully saturated rings. The van der Waals surface area contributed by atoms with Crippen molar-refractivity contribution in [3.63, 3.8) is 0 Å². The van der Waals surface area contributed by atoms with Gasteiger partial charge >= 0.3 is 0 Å². The summed E-state index contributed by atoms with van der Waals surface area (Å²) in [6.07, 6.45) is 8.02. The number of aliphatic hydroxyl groups excluding tert-OH is 1. The minimum absolute atomic E-state index is 0.119. The molecule has 2 aromatic carbocycles. The Balaban J connectivity index is 1.58. The SMILES string of the molecule is C=CCN(C(=O)[C@H]1[C@H]2C(=O)N(CCCCCCO)C(C(=O)N(CC=C)c3cc(C)ccc3C)C23CC[C@]1(CC)O3)c1ccc(OCC)cc1. The molecule has 2 bridgehead atoms. The minimum Gasteiger partial charge on any atom is -0.494 e. The van der Waals surface area contributed by atoms with Crippen LogP contribution in [0.15, 0.2) is 67.8 Å². The average Bonchev–Trinajstić information content (AvgIpc) is 3.70. The number of anilines is 2. The number of carbonyl (C=O) groups is 3. The van der Waals surface area contributed by atoms with E-state index in [4.69, 9.17) is 9.47 Å². The first-order chi connectivity index (χ1) is 23.6. The Kier molecular flexibility index (Phi) is 11.3. The monoisotopic (exact) mass is 671 g/mol. The van der Waals surface area contributed by atoms with Crippen LogP contribution in [0.4, 0.5) is 11.4 Å². The first-order valence-electron chi connectivity index (χ1n) is 17.9. The third-order valence-corrected chi connectivity index (χ3v) is 10.8. The van der Waals surface area contributed by atoms with Crippen molar-refractivity contribution in [3.8, 4) is 5.75 Å². The summed E-state index contributed by atoms with van der Waals surface area (Å²) in [5, 5.41) is 9.32. The van der Waals surface area contributed by atoms with Crippen molar-refractivity contribution in [1.29, 1.82) is 0 Å². The molecule has 1 spiro atoms. The number of hydrogen-bond acceptors (Lipinski definition) is 6. The van der Waals surface area contributed by atoms with Gasteiger partial charge in [-0.3, -0.25) is 14.4 Å². The van der Waals surface area contributed by atoms with Gasteiger partial charge in [0.1, 0.15) is 17.4 Å². The van der Waals surface area contributed by atoms with Crippen molar-refractivity contribution < 1.29 is 29.0 Å². The largest absolute Gasteiger partial charge is 0.494 e. The Morgan fingerprint density at radius 2 is 1.67 bits per heavy atom. The second-order valence-electron chi connectivity index (χ2n) is 13.7. The lowest BCUT2D eigenvalue weighted by atomic mass is 9.64. The van der Waals surface area contributed by atoms with E-state index >= 15 is 4.79 Å². The van der Waals surface area contributed by atoms with E-state index in [0.29, 0.717) is 56.7 Å². The predicted molar refractivity (Wildman–Crippen MR) is 193 cm³/mol. The molecule has 49 heavy (non-hydrogen) atoms. The number of amides is 3. The highest BCUT2D eigenvalue weighted by Crippen LogP contribution is 2.65. The zero-order valence-corrected chi connectivity index (χ0v) is 29.7. The van der Waals surface area contributed by atoms with Gasteiger partial charge in [0.25, 0.3) is 5.91 Å². The van der Waals surface area contributed by atoms with Crippen LogP contribution in [0.5, 0.6) is 5.75 Å². The molecular formula is C40H53N3O6. The molecule has 3 aliphatic heterocycles. The van der Waals surface area contributed by atoms with Crippen molar-refractivity contribution in [2.24, 2.45) is 11.8 Å². The van der Waals surface area contributed by atoms with Crippen LogP contribution in [0.25, 0.3) is 0 Å². The maximum absolute atomic E-state index is 15.1. The Hall–Kier alpha value is -3.95. The van der Waals surface area contributed by atoms with Gasteiger partial charge in [-0.2, -0.15) is 0 Å². The van der Waals surface area contributed by atoms with E-state index in [1.165, 1.54) is 0 Å². The highest BCUT2D eigenvalue weighted by atomic mass is 16.5. The van der Waals surface area contributed by atoms with Crippen LogP contribution in [0, 0.1) is 25.7 Å². The number of unbranched alkanes of at least 4 members (excludes halogenated alkanes) is 3. The zero-order chi connectivity index (χ0) is 35.3. The molecule has 9 nitrogen and oxygen atoms in total. The van der Waals surface area contributed by atoms with Crippen molar-refractivity contribution >= 4 is 29.1 Å². The van der Waals surface area contributed by atoms with Crippen molar-refractivity contribution in [1.82, 2.24) is 4.90 Å². The molecule has 0 radical (unpaired) electrons. The van der Waals surface area contributed by atoms with Crippen molar-refractivity contribution in [2.75, 3.05) is 42.6 Å². The van der Waals surface area contributed by atoms with Gasteiger partial charge in [0.15, 0.2) is 0 Å². The molecule has 1 N–H and O–H groups in total. The number of aliphatic hydroxyl groups is 1. The van der Waals surface area contributed by atoms with E-state index in [2.05, 4.69) is 13.2 Å². The molecule has 3 amide bonds. The first kappa shape index (κ1) is 36.3. The Morgan fingerprint density at radius 3 is 2.33 bits per heavy atom. The summed E-state index contributed by atoms with van der Waals surface area (Å²) >= 11 is 0.